The molecular weight excluding hydrogens is 266 g/mol. The zero-order valence-corrected chi connectivity index (χ0v) is 11.1. The molecule has 0 atom stereocenters. The molecule has 0 spiro atoms. The molecule has 0 aliphatic carbocycles. The van der Waals surface area contributed by atoms with E-state index in [-0.39, 0.29) is 5.84 Å². The van der Waals surface area contributed by atoms with E-state index in [1.807, 2.05) is 36.4 Å². The number of nitrogens with zero attached hydrogens (tertiary/aromatic N) is 5. The van der Waals surface area contributed by atoms with Crippen LogP contribution in [0.25, 0.3) is 11.4 Å². The standard InChI is InChI=1S/C14H13N7/c15-13(16)12-8-10(6-7-17-12)9-21-19-14(18-20-21)11-4-2-1-3-5-11/h1-8H,9H2,(H3,15,16). The molecule has 3 N–H and O–H groups in total. The number of aromatic nitrogens is 5. The molecule has 0 bridgehead atoms. The molecule has 2 heterocycles. The summed E-state index contributed by atoms with van der Waals surface area (Å²) in [5.41, 5.74) is 7.70. The van der Waals surface area contributed by atoms with E-state index in [1.165, 1.54) is 4.80 Å². The third-order valence-electron chi connectivity index (χ3n) is 2.91. The van der Waals surface area contributed by atoms with Crippen molar-refractivity contribution in [2.45, 2.75) is 6.54 Å². The van der Waals surface area contributed by atoms with Gasteiger partial charge in [0.05, 0.1) is 6.54 Å². The lowest BCUT2D eigenvalue weighted by Gasteiger charge is -2.02. The first-order chi connectivity index (χ1) is 10.2. The smallest absolute Gasteiger partial charge is 0.204 e. The summed E-state index contributed by atoms with van der Waals surface area (Å²) in [7, 11) is 0. The van der Waals surface area contributed by atoms with Crippen LogP contribution in [0.4, 0.5) is 0 Å². The fourth-order valence-corrected chi connectivity index (χ4v) is 1.90. The molecule has 0 saturated heterocycles. The van der Waals surface area contributed by atoms with Crippen molar-refractivity contribution < 1.29 is 0 Å². The summed E-state index contributed by atoms with van der Waals surface area (Å²) in [5.74, 6) is 0.518. The number of amidine groups is 1. The molecule has 7 nitrogen and oxygen atoms in total. The van der Waals surface area contributed by atoms with E-state index in [9.17, 15) is 0 Å². The first kappa shape index (κ1) is 12.9. The summed E-state index contributed by atoms with van der Waals surface area (Å²) in [6.07, 6.45) is 1.61. The predicted molar refractivity (Wildman–Crippen MR) is 77.6 cm³/mol. The van der Waals surface area contributed by atoms with Crippen LogP contribution in [0.5, 0.6) is 0 Å². The number of benzene rings is 1. The zero-order valence-electron chi connectivity index (χ0n) is 11.1. The summed E-state index contributed by atoms with van der Waals surface area (Å²) >= 11 is 0. The van der Waals surface area contributed by atoms with Gasteiger partial charge in [0.1, 0.15) is 11.5 Å². The molecule has 0 fully saturated rings. The van der Waals surface area contributed by atoms with E-state index in [2.05, 4.69) is 20.4 Å². The second-order valence-corrected chi connectivity index (χ2v) is 4.47. The van der Waals surface area contributed by atoms with Crippen LogP contribution in [0.1, 0.15) is 11.3 Å². The summed E-state index contributed by atoms with van der Waals surface area (Å²) in [5, 5.41) is 19.8. The largest absolute Gasteiger partial charge is 0.382 e. The van der Waals surface area contributed by atoms with Gasteiger partial charge < -0.3 is 5.73 Å². The van der Waals surface area contributed by atoms with Gasteiger partial charge in [0.15, 0.2) is 0 Å². The Morgan fingerprint density at radius 1 is 1.19 bits per heavy atom. The number of hydrogen-bond donors (Lipinski definition) is 2. The van der Waals surface area contributed by atoms with E-state index in [0.29, 0.717) is 18.1 Å². The normalized spacial score (nSPS) is 10.5. The van der Waals surface area contributed by atoms with Gasteiger partial charge >= 0.3 is 0 Å². The minimum absolute atomic E-state index is 0.0617. The fourth-order valence-electron chi connectivity index (χ4n) is 1.90. The maximum absolute atomic E-state index is 7.39. The molecule has 104 valence electrons. The van der Waals surface area contributed by atoms with Crippen molar-refractivity contribution in [2.24, 2.45) is 5.73 Å². The molecule has 7 heteroatoms. The second kappa shape index (κ2) is 5.49. The SMILES string of the molecule is N=C(N)c1cc(Cn2nnc(-c3ccccc3)n2)ccn1. The third kappa shape index (κ3) is 2.92. The number of nitrogens with one attached hydrogen (secondary N) is 1. The highest BCUT2D eigenvalue weighted by molar-refractivity contribution is 5.93. The maximum atomic E-state index is 7.39. The molecule has 21 heavy (non-hydrogen) atoms. The van der Waals surface area contributed by atoms with Crippen LogP contribution in [0.15, 0.2) is 48.7 Å². The molecule has 0 aliphatic heterocycles. The van der Waals surface area contributed by atoms with Gasteiger partial charge in [-0.05, 0) is 22.9 Å². The van der Waals surface area contributed by atoms with Crippen molar-refractivity contribution in [1.29, 1.82) is 5.41 Å². The molecule has 0 aliphatic rings. The molecule has 0 radical (unpaired) electrons. The number of nitrogen functional groups attached to an aromatic ring is 1. The Balaban J connectivity index is 1.82. The molecule has 0 saturated carbocycles. The monoisotopic (exact) mass is 279 g/mol. The van der Waals surface area contributed by atoms with Crippen LogP contribution in [-0.2, 0) is 6.54 Å². The Hall–Kier alpha value is -3.09. The van der Waals surface area contributed by atoms with Gasteiger partial charge in [0.2, 0.25) is 5.82 Å². The van der Waals surface area contributed by atoms with Gasteiger partial charge in [-0.2, -0.15) is 4.80 Å². The van der Waals surface area contributed by atoms with Crippen molar-refractivity contribution in [3.05, 3.63) is 59.9 Å². The average Bonchev–Trinajstić information content (AvgIpc) is 2.97. The first-order valence-electron chi connectivity index (χ1n) is 6.35. The topological polar surface area (TPSA) is 106 Å². The van der Waals surface area contributed by atoms with Crippen molar-refractivity contribution in [1.82, 2.24) is 25.2 Å². The highest BCUT2D eigenvalue weighted by Crippen LogP contribution is 2.12. The van der Waals surface area contributed by atoms with Crippen LogP contribution in [0, 0.1) is 5.41 Å². The molecule has 3 rings (SSSR count). The van der Waals surface area contributed by atoms with Crippen molar-refractivity contribution in [3.8, 4) is 11.4 Å². The van der Waals surface area contributed by atoms with Crippen molar-refractivity contribution in [3.63, 3.8) is 0 Å². The number of pyridine rings is 1. The first-order valence-corrected chi connectivity index (χ1v) is 6.35. The Morgan fingerprint density at radius 2 is 2.00 bits per heavy atom. The van der Waals surface area contributed by atoms with Gasteiger partial charge in [0.25, 0.3) is 0 Å². The van der Waals surface area contributed by atoms with Gasteiger partial charge in [-0.25, -0.2) is 0 Å². The van der Waals surface area contributed by atoms with E-state index in [0.717, 1.165) is 11.1 Å². The minimum atomic E-state index is -0.0617. The fraction of sp³-hybridized carbons (Fsp3) is 0.0714. The van der Waals surface area contributed by atoms with Crippen LogP contribution < -0.4 is 5.73 Å². The lowest BCUT2D eigenvalue weighted by atomic mass is 10.2. The third-order valence-corrected chi connectivity index (χ3v) is 2.91. The lowest BCUT2D eigenvalue weighted by molar-refractivity contribution is 0.572. The quantitative estimate of drug-likeness (QED) is 0.548. The highest BCUT2D eigenvalue weighted by atomic mass is 15.6. The van der Waals surface area contributed by atoms with E-state index < -0.39 is 0 Å². The predicted octanol–water partition coefficient (Wildman–Crippen LogP) is 1.07. The number of rotatable bonds is 4. The number of hydrogen-bond acceptors (Lipinski definition) is 5. The van der Waals surface area contributed by atoms with Crippen LogP contribution in [-0.4, -0.2) is 31.0 Å². The number of tetrazole rings is 1. The lowest BCUT2D eigenvalue weighted by Crippen LogP contribution is -2.14. The van der Waals surface area contributed by atoms with Crippen LogP contribution >= 0.6 is 0 Å². The van der Waals surface area contributed by atoms with Gasteiger partial charge in [-0.3, -0.25) is 10.4 Å². The Morgan fingerprint density at radius 3 is 2.76 bits per heavy atom. The van der Waals surface area contributed by atoms with Gasteiger partial charge in [0, 0.05) is 11.8 Å². The summed E-state index contributed by atoms with van der Waals surface area (Å²) in [6, 6.07) is 13.2. The average molecular weight is 279 g/mol. The highest BCUT2D eigenvalue weighted by Gasteiger charge is 2.06. The maximum Gasteiger partial charge on any atom is 0.204 e. The summed E-state index contributed by atoms with van der Waals surface area (Å²) < 4.78 is 0. The van der Waals surface area contributed by atoms with Gasteiger partial charge in [-0.1, -0.05) is 30.3 Å². The molecule has 3 aromatic rings. The van der Waals surface area contributed by atoms with E-state index >= 15 is 0 Å². The van der Waals surface area contributed by atoms with Gasteiger partial charge in [-0.15, -0.1) is 10.2 Å². The molecule has 0 amide bonds. The van der Waals surface area contributed by atoms with E-state index in [1.54, 1.807) is 12.3 Å². The Labute approximate surface area is 121 Å². The summed E-state index contributed by atoms with van der Waals surface area (Å²) in [6.45, 7) is 0.447. The van der Waals surface area contributed by atoms with E-state index in [4.69, 9.17) is 11.1 Å². The molecule has 2 aromatic heterocycles. The molecule has 1 aromatic carbocycles. The minimum Gasteiger partial charge on any atom is -0.382 e. The molecule has 0 unspecified atom stereocenters. The van der Waals surface area contributed by atoms with Crippen LogP contribution in [0.2, 0.25) is 0 Å². The van der Waals surface area contributed by atoms with Crippen molar-refractivity contribution >= 4 is 5.84 Å². The Bertz CT molecular complexity index is 764. The van der Waals surface area contributed by atoms with Crippen molar-refractivity contribution in [2.75, 3.05) is 0 Å². The number of nitrogens with two attached hydrogens (primary N) is 1. The second-order valence-electron chi connectivity index (χ2n) is 4.47. The Kier molecular flexibility index (Phi) is 3.38. The summed E-state index contributed by atoms with van der Waals surface area (Å²) in [4.78, 5) is 5.52. The zero-order chi connectivity index (χ0) is 14.7. The molecular formula is C14H13N7. The van der Waals surface area contributed by atoms with Crippen LogP contribution in [0.3, 0.4) is 0 Å².